The molecule has 1 aromatic carbocycles. The quantitative estimate of drug-likeness (QED) is 0.780. The highest BCUT2D eigenvalue weighted by Crippen LogP contribution is 2.26. The van der Waals surface area contributed by atoms with E-state index in [1.807, 2.05) is 0 Å². The average molecular weight is 369 g/mol. The zero-order chi connectivity index (χ0) is 18.6. The lowest BCUT2D eigenvalue weighted by Crippen LogP contribution is -2.38. The van der Waals surface area contributed by atoms with E-state index in [0.717, 1.165) is 19.5 Å². The molecule has 0 aliphatic carbocycles. The van der Waals surface area contributed by atoms with Gasteiger partial charge in [-0.25, -0.2) is 8.42 Å². The van der Waals surface area contributed by atoms with Crippen molar-refractivity contribution in [2.24, 2.45) is 0 Å². The summed E-state index contributed by atoms with van der Waals surface area (Å²) in [6.07, 6.45) is 0.877. The van der Waals surface area contributed by atoms with Crippen LogP contribution in [0, 0.1) is 0 Å². The smallest absolute Gasteiger partial charge is 0.257 e. The van der Waals surface area contributed by atoms with Gasteiger partial charge in [-0.05, 0) is 31.2 Å². The van der Waals surface area contributed by atoms with Gasteiger partial charge in [-0.15, -0.1) is 0 Å². The average Bonchev–Trinajstić information content (AvgIpc) is 3.15. The van der Waals surface area contributed by atoms with Crippen LogP contribution in [-0.2, 0) is 10.0 Å². The first-order valence-electron chi connectivity index (χ1n) is 8.52. The molecule has 1 unspecified atom stereocenters. The number of hydrogen-bond acceptors (Lipinski definition) is 5. The lowest BCUT2D eigenvalue weighted by Gasteiger charge is -2.25. The fourth-order valence-electron chi connectivity index (χ4n) is 3.05. The van der Waals surface area contributed by atoms with Crippen molar-refractivity contribution >= 4 is 15.9 Å². The van der Waals surface area contributed by atoms with Gasteiger partial charge in [0, 0.05) is 32.7 Å². The van der Waals surface area contributed by atoms with Gasteiger partial charge in [-0.2, -0.15) is 4.31 Å². The molecule has 7 nitrogen and oxygen atoms in total. The maximum atomic E-state index is 12.9. The Morgan fingerprint density at radius 1 is 1.32 bits per heavy atom. The van der Waals surface area contributed by atoms with Crippen molar-refractivity contribution < 1.29 is 17.9 Å². The molecule has 0 spiro atoms. The number of hydrogen-bond donors (Lipinski definition) is 1. The standard InChI is InChI=1S/C17H27N3O4S/c1-5-20(6-2)25(22,23)14-7-8-16(24-4)15(11-14)17(21)19(3)13-9-10-18-12-13/h7-8,11,13,18H,5-6,9-10,12H2,1-4H3. The van der Waals surface area contributed by atoms with Crippen LogP contribution in [0.1, 0.15) is 30.6 Å². The summed E-state index contributed by atoms with van der Waals surface area (Å²) in [5.74, 6) is 0.142. The van der Waals surface area contributed by atoms with Crippen LogP contribution in [-0.4, -0.2) is 69.9 Å². The molecule has 8 heteroatoms. The number of ether oxygens (including phenoxy) is 1. The third-order valence-corrected chi connectivity index (χ3v) is 6.69. The van der Waals surface area contributed by atoms with Gasteiger partial charge in [0.2, 0.25) is 10.0 Å². The monoisotopic (exact) mass is 369 g/mol. The van der Waals surface area contributed by atoms with E-state index >= 15 is 0 Å². The molecule has 1 aliphatic heterocycles. The van der Waals surface area contributed by atoms with Crippen molar-refractivity contribution in [3.05, 3.63) is 23.8 Å². The summed E-state index contributed by atoms with van der Waals surface area (Å²) in [4.78, 5) is 14.7. The minimum Gasteiger partial charge on any atom is -0.496 e. The van der Waals surface area contributed by atoms with Crippen LogP contribution in [0.15, 0.2) is 23.1 Å². The minimum atomic E-state index is -3.63. The molecule has 0 saturated carbocycles. The van der Waals surface area contributed by atoms with E-state index < -0.39 is 10.0 Å². The molecule has 2 rings (SSSR count). The van der Waals surface area contributed by atoms with Gasteiger partial charge in [0.05, 0.1) is 17.6 Å². The Morgan fingerprint density at radius 2 is 2.00 bits per heavy atom. The van der Waals surface area contributed by atoms with Crippen LogP contribution in [0.5, 0.6) is 5.75 Å². The molecule has 1 fully saturated rings. The van der Waals surface area contributed by atoms with E-state index in [-0.39, 0.29) is 22.4 Å². The first-order chi connectivity index (χ1) is 11.9. The number of nitrogens with one attached hydrogen (secondary N) is 1. The van der Waals surface area contributed by atoms with E-state index in [9.17, 15) is 13.2 Å². The van der Waals surface area contributed by atoms with Crippen molar-refractivity contribution in [3.63, 3.8) is 0 Å². The van der Waals surface area contributed by atoms with Crippen molar-refractivity contribution in [3.8, 4) is 5.75 Å². The Hall–Kier alpha value is -1.64. The summed E-state index contributed by atoms with van der Waals surface area (Å²) >= 11 is 0. The summed E-state index contributed by atoms with van der Waals surface area (Å²) in [6.45, 7) is 5.94. The van der Waals surface area contributed by atoms with Gasteiger partial charge in [0.25, 0.3) is 5.91 Å². The second-order valence-electron chi connectivity index (χ2n) is 6.01. The summed E-state index contributed by atoms with van der Waals surface area (Å²) in [5, 5.41) is 3.23. The van der Waals surface area contributed by atoms with Gasteiger partial charge in [-0.1, -0.05) is 13.8 Å². The number of carbonyl (C=O) groups is 1. The highest BCUT2D eigenvalue weighted by atomic mass is 32.2. The normalized spacial score (nSPS) is 17.7. The Bertz CT molecular complexity index is 711. The van der Waals surface area contributed by atoms with Crippen LogP contribution in [0.3, 0.4) is 0 Å². The number of benzene rings is 1. The predicted octanol–water partition coefficient (Wildman–Crippen LogP) is 1.16. The lowest BCUT2D eigenvalue weighted by molar-refractivity contribution is 0.0740. The SMILES string of the molecule is CCN(CC)S(=O)(=O)c1ccc(OC)c(C(=O)N(C)C2CCNC2)c1. The zero-order valence-corrected chi connectivity index (χ0v) is 16.1. The predicted molar refractivity (Wildman–Crippen MR) is 96.5 cm³/mol. The second-order valence-corrected chi connectivity index (χ2v) is 7.95. The number of carbonyl (C=O) groups excluding carboxylic acids is 1. The molecule has 1 saturated heterocycles. The zero-order valence-electron chi connectivity index (χ0n) is 15.3. The fraction of sp³-hybridized carbons (Fsp3) is 0.588. The maximum absolute atomic E-state index is 12.9. The molecular formula is C17H27N3O4S. The summed E-state index contributed by atoms with van der Waals surface area (Å²) in [6, 6.07) is 4.55. The van der Waals surface area contributed by atoms with Crippen LogP contribution < -0.4 is 10.1 Å². The molecule has 0 aromatic heterocycles. The number of sulfonamides is 1. The van der Waals surface area contributed by atoms with Crippen molar-refractivity contribution in [2.45, 2.75) is 31.2 Å². The highest BCUT2D eigenvalue weighted by molar-refractivity contribution is 7.89. The Labute approximate surface area is 150 Å². The third kappa shape index (κ3) is 3.96. The Balaban J connectivity index is 2.41. The Morgan fingerprint density at radius 3 is 2.52 bits per heavy atom. The molecule has 140 valence electrons. The number of likely N-dealkylation sites (N-methyl/N-ethyl adjacent to an activating group) is 1. The first kappa shape index (κ1) is 19.7. The van der Waals surface area contributed by atoms with Crippen LogP contribution in [0.25, 0.3) is 0 Å². The van der Waals surface area contributed by atoms with Crippen LogP contribution >= 0.6 is 0 Å². The number of nitrogens with zero attached hydrogens (tertiary/aromatic N) is 2. The van der Waals surface area contributed by atoms with Gasteiger partial charge in [0.15, 0.2) is 0 Å². The van der Waals surface area contributed by atoms with Crippen molar-refractivity contribution in [1.29, 1.82) is 0 Å². The maximum Gasteiger partial charge on any atom is 0.257 e. The molecule has 0 bridgehead atoms. The number of methoxy groups -OCH3 is 1. The topological polar surface area (TPSA) is 79.0 Å². The molecule has 1 N–H and O–H groups in total. The highest BCUT2D eigenvalue weighted by Gasteiger charge is 2.28. The molecule has 1 aromatic rings. The third-order valence-electron chi connectivity index (χ3n) is 4.65. The summed E-state index contributed by atoms with van der Waals surface area (Å²) in [5.41, 5.74) is 0.269. The van der Waals surface area contributed by atoms with Gasteiger partial charge >= 0.3 is 0 Å². The van der Waals surface area contributed by atoms with E-state index in [1.54, 1.807) is 31.9 Å². The van der Waals surface area contributed by atoms with Crippen LogP contribution in [0.2, 0.25) is 0 Å². The first-order valence-corrected chi connectivity index (χ1v) is 9.96. The van der Waals surface area contributed by atoms with Gasteiger partial charge in [-0.3, -0.25) is 4.79 Å². The lowest BCUT2D eigenvalue weighted by atomic mass is 10.1. The van der Waals surface area contributed by atoms with E-state index in [4.69, 9.17) is 4.74 Å². The molecule has 1 heterocycles. The largest absolute Gasteiger partial charge is 0.496 e. The molecular weight excluding hydrogens is 342 g/mol. The van der Waals surface area contributed by atoms with E-state index in [1.165, 1.54) is 23.5 Å². The minimum absolute atomic E-state index is 0.0975. The fourth-order valence-corrected chi connectivity index (χ4v) is 4.54. The molecule has 1 amide bonds. The van der Waals surface area contributed by atoms with Gasteiger partial charge in [0.1, 0.15) is 5.75 Å². The van der Waals surface area contributed by atoms with Crippen LogP contribution in [0.4, 0.5) is 0 Å². The molecule has 1 atom stereocenters. The summed E-state index contributed by atoms with van der Waals surface area (Å²) in [7, 11) is -0.417. The number of amides is 1. The molecule has 0 radical (unpaired) electrons. The molecule has 25 heavy (non-hydrogen) atoms. The molecule has 1 aliphatic rings. The van der Waals surface area contributed by atoms with E-state index in [2.05, 4.69) is 5.32 Å². The van der Waals surface area contributed by atoms with Crippen molar-refractivity contribution in [2.75, 3.05) is 40.3 Å². The van der Waals surface area contributed by atoms with E-state index in [0.29, 0.717) is 18.8 Å². The van der Waals surface area contributed by atoms with Crippen molar-refractivity contribution in [1.82, 2.24) is 14.5 Å². The van der Waals surface area contributed by atoms with Gasteiger partial charge < -0.3 is 15.0 Å². The second kappa shape index (κ2) is 8.16. The summed E-state index contributed by atoms with van der Waals surface area (Å²) < 4.78 is 32.1. The Kier molecular flexibility index (Phi) is 6.42. The number of rotatable bonds is 7.